The van der Waals surface area contributed by atoms with E-state index >= 15 is 0 Å². The molecule has 2 aromatic heterocycles. The minimum atomic E-state index is -0.691. The Morgan fingerprint density at radius 3 is 2.56 bits per heavy atom. The zero-order valence-corrected chi connectivity index (χ0v) is 22.8. The first-order valence-corrected chi connectivity index (χ1v) is 13.3. The van der Waals surface area contributed by atoms with Crippen molar-refractivity contribution in [3.63, 3.8) is 0 Å². The zero-order chi connectivity index (χ0) is 29.1. The predicted molar refractivity (Wildman–Crippen MR) is 152 cm³/mol. The molecule has 41 heavy (non-hydrogen) atoms. The molecular weight excluding hydrogens is 524 g/mol. The summed E-state index contributed by atoms with van der Waals surface area (Å²) < 4.78 is 33.6. The van der Waals surface area contributed by atoms with E-state index in [9.17, 15) is 18.4 Å². The van der Waals surface area contributed by atoms with Gasteiger partial charge >= 0.3 is 0 Å². The van der Waals surface area contributed by atoms with Gasteiger partial charge in [0, 0.05) is 47.7 Å². The number of aromatic nitrogens is 2. The molecule has 1 atom stereocenters. The molecule has 1 amide bonds. The van der Waals surface area contributed by atoms with Gasteiger partial charge in [0.1, 0.15) is 17.4 Å². The van der Waals surface area contributed by atoms with Crippen LogP contribution in [0.25, 0.3) is 16.7 Å². The summed E-state index contributed by atoms with van der Waals surface area (Å²) in [6.07, 6.45) is 4.72. The smallest absolute Gasteiger partial charge is 0.248 e. The van der Waals surface area contributed by atoms with Crippen LogP contribution in [0.1, 0.15) is 57.2 Å². The molecule has 208 valence electrons. The molecule has 0 fully saturated rings. The molecule has 2 aromatic carbocycles. The van der Waals surface area contributed by atoms with Crippen LogP contribution in [0.2, 0.25) is 0 Å². The predicted octanol–water partition coefficient (Wildman–Crippen LogP) is 6.15. The first-order chi connectivity index (χ1) is 19.7. The zero-order valence-electron chi connectivity index (χ0n) is 22.8. The van der Waals surface area contributed by atoms with Gasteiger partial charge in [-0.2, -0.15) is 0 Å². The SMILES string of the molecule is COc1nc2c(cc1C)CC=C2CC(=O)C[C@@H](Cc1cc(F)cc(F)c1)c1ncccc1-c1cccc(C(N)=O)c1. The van der Waals surface area contributed by atoms with E-state index in [1.54, 1.807) is 37.6 Å². The summed E-state index contributed by atoms with van der Waals surface area (Å²) >= 11 is 0. The Morgan fingerprint density at radius 2 is 1.83 bits per heavy atom. The normalized spacial score (nSPS) is 12.9. The summed E-state index contributed by atoms with van der Waals surface area (Å²) in [7, 11) is 1.56. The van der Waals surface area contributed by atoms with Crippen LogP contribution >= 0.6 is 0 Å². The monoisotopic (exact) mass is 553 g/mol. The molecule has 5 rings (SSSR count). The van der Waals surface area contributed by atoms with Crippen LogP contribution < -0.4 is 10.5 Å². The number of ether oxygens (including phenoxy) is 1. The van der Waals surface area contributed by atoms with Crippen LogP contribution in [0, 0.1) is 18.6 Å². The molecule has 0 radical (unpaired) electrons. The third kappa shape index (κ3) is 6.22. The number of amides is 1. The highest BCUT2D eigenvalue weighted by Crippen LogP contribution is 2.36. The van der Waals surface area contributed by atoms with E-state index in [1.165, 1.54) is 12.1 Å². The van der Waals surface area contributed by atoms with Crippen LogP contribution in [0.15, 0.2) is 72.9 Å². The number of hydrogen-bond acceptors (Lipinski definition) is 5. The van der Waals surface area contributed by atoms with Crippen molar-refractivity contribution in [1.29, 1.82) is 0 Å². The van der Waals surface area contributed by atoms with Gasteiger partial charge in [0.2, 0.25) is 11.8 Å². The van der Waals surface area contributed by atoms with E-state index in [2.05, 4.69) is 9.97 Å². The van der Waals surface area contributed by atoms with Gasteiger partial charge in [-0.05, 0) is 78.4 Å². The van der Waals surface area contributed by atoms with Crippen molar-refractivity contribution in [2.24, 2.45) is 5.73 Å². The summed E-state index contributed by atoms with van der Waals surface area (Å²) in [4.78, 5) is 34.7. The van der Waals surface area contributed by atoms with Crippen LogP contribution in [0.3, 0.4) is 0 Å². The maximum absolute atomic E-state index is 14.1. The highest BCUT2D eigenvalue weighted by atomic mass is 19.1. The number of aryl methyl sites for hydroxylation is 1. The number of nitrogens with two attached hydrogens (primary N) is 1. The fourth-order valence-electron chi connectivity index (χ4n) is 5.44. The van der Waals surface area contributed by atoms with Crippen LogP contribution in [-0.2, 0) is 17.6 Å². The van der Waals surface area contributed by atoms with Crippen LogP contribution in [0.4, 0.5) is 8.78 Å². The van der Waals surface area contributed by atoms with E-state index in [4.69, 9.17) is 10.5 Å². The highest BCUT2D eigenvalue weighted by molar-refractivity contribution is 5.94. The van der Waals surface area contributed by atoms with Gasteiger partial charge < -0.3 is 10.5 Å². The van der Waals surface area contributed by atoms with Gasteiger partial charge in [0.25, 0.3) is 0 Å². The second kappa shape index (κ2) is 11.8. The Balaban J connectivity index is 1.48. The van der Waals surface area contributed by atoms with E-state index < -0.39 is 23.5 Å². The Bertz CT molecular complexity index is 1660. The standard InChI is InChI=1S/C33H29F2N3O3/c1-19-11-22-8-9-23(30(22)38-33(19)41-2)16-28(39)17-25(12-20-13-26(34)18-27(35)14-20)31-29(7-4-10-37-31)21-5-3-6-24(15-21)32(36)40/h3-7,9-11,13-15,18,25H,8,12,16-17H2,1-2H3,(H2,36,40)/t25-/m1/s1. The fraction of sp³-hybridized carbons (Fsp3) is 0.212. The number of carbonyl (C=O) groups is 2. The molecule has 2 heterocycles. The lowest BCUT2D eigenvalue weighted by atomic mass is 9.85. The summed E-state index contributed by atoms with van der Waals surface area (Å²) in [5.74, 6) is -1.99. The van der Waals surface area contributed by atoms with Gasteiger partial charge in [-0.1, -0.05) is 24.3 Å². The Hall–Kier alpha value is -4.72. The molecule has 0 saturated heterocycles. The maximum atomic E-state index is 14.1. The number of carbonyl (C=O) groups excluding carboxylic acids is 2. The summed E-state index contributed by atoms with van der Waals surface area (Å²) in [6, 6.07) is 15.8. The second-order valence-corrected chi connectivity index (χ2v) is 10.2. The number of fused-ring (bicyclic) bond motifs is 1. The van der Waals surface area contributed by atoms with Gasteiger partial charge in [-0.3, -0.25) is 14.6 Å². The van der Waals surface area contributed by atoms with Crippen molar-refractivity contribution in [2.75, 3.05) is 7.11 Å². The lowest BCUT2D eigenvalue weighted by Gasteiger charge is -2.20. The number of rotatable bonds is 10. The lowest BCUT2D eigenvalue weighted by molar-refractivity contribution is -0.118. The molecule has 2 N–H and O–H groups in total. The molecule has 0 saturated carbocycles. The molecule has 0 spiro atoms. The highest BCUT2D eigenvalue weighted by Gasteiger charge is 2.26. The summed E-state index contributed by atoms with van der Waals surface area (Å²) in [5.41, 5.74) is 11.8. The van der Waals surface area contributed by atoms with Crippen molar-refractivity contribution < 1.29 is 23.1 Å². The molecule has 1 aliphatic carbocycles. The van der Waals surface area contributed by atoms with Crippen molar-refractivity contribution >= 4 is 17.3 Å². The van der Waals surface area contributed by atoms with Crippen LogP contribution in [0.5, 0.6) is 5.88 Å². The maximum Gasteiger partial charge on any atom is 0.248 e. The Morgan fingerprint density at radius 1 is 1.05 bits per heavy atom. The molecule has 6 nitrogen and oxygen atoms in total. The van der Waals surface area contributed by atoms with Crippen LogP contribution in [-0.4, -0.2) is 28.8 Å². The van der Waals surface area contributed by atoms with E-state index in [1.807, 2.05) is 31.2 Å². The van der Waals surface area contributed by atoms with E-state index in [0.29, 0.717) is 40.2 Å². The summed E-state index contributed by atoms with van der Waals surface area (Å²) in [5, 5.41) is 0. The topological polar surface area (TPSA) is 95.2 Å². The third-order valence-electron chi connectivity index (χ3n) is 7.26. The average Bonchev–Trinajstić information content (AvgIpc) is 3.32. The first-order valence-electron chi connectivity index (χ1n) is 13.3. The first kappa shape index (κ1) is 27.8. The number of hydrogen-bond donors (Lipinski definition) is 1. The number of ketones is 1. The molecule has 0 bridgehead atoms. The largest absolute Gasteiger partial charge is 0.481 e. The van der Waals surface area contributed by atoms with Crippen molar-refractivity contribution in [1.82, 2.24) is 9.97 Å². The minimum absolute atomic E-state index is 0.0604. The molecule has 4 aromatic rings. The Labute approximate surface area is 236 Å². The van der Waals surface area contributed by atoms with Crippen molar-refractivity contribution in [3.05, 3.63) is 118 Å². The van der Waals surface area contributed by atoms with Gasteiger partial charge in [-0.25, -0.2) is 13.8 Å². The van der Waals surface area contributed by atoms with Crippen molar-refractivity contribution in [3.8, 4) is 17.0 Å². The fourth-order valence-corrected chi connectivity index (χ4v) is 5.44. The summed E-state index contributed by atoms with van der Waals surface area (Å²) in [6.45, 7) is 1.93. The molecule has 8 heteroatoms. The number of halogens is 2. The molecule has 0 aliphatic heterocycles. The number of allylic oxidation sites excluding steroid dienone is 2. The molecule has 0 unspecified atom stereocenters. The third-order valence-corrected chi connectivity index (χ3v) is 7.26. The lowest BCUT2D eigenvalue weighted by Crippen LogP contribution is -2.14. The quantitative estimate of drug-likeness (QED) is 0.254. The molecule has 1 aliphatic rings. The number of primary amides is 1. The second-order valence-electron chi connectivity index (χ2n) is 10.2. The number of pyridine rings is 2. The van der Waals surface area contributed by atoms with Gasteiger partial charge in [0.05, 0.1) is 18.5 Å². The number of nitrogens with zero attached hydrogens (tertiary/aromatic N) is 2. The number of Topliss-reactive ketones (excluding diaryl/α,β-unsaturated/α-hetero) is 1. The number of methoxy groups -OCH3 is 1. The van der Waals surface area contributed by atoms with E-state index in [-0.39, 0.29) is 25.0 Å². The van der Waals surface area contributed by atoms with Gasteiger partial charge in [-0.15, -0.1) is 0 Å². The molecular formula is C33H29F2N3O3. The minimum Gasteiger partial charge on any atom is -0.481 e. The average molecular weight is 554 g/mol. The van der Waals surface area contributed by atoms with Crippen molar-refractivity contribution in [2.45, 2.75) is 38.5 Å². The number of benzene rings is 2. The Kier molecular flexibility index (Phi) is 8.01. The van der Waals surface area contributed by atoms with Gasteiger partial charge in [0.15, 0.2) is 0 Å². The van der Waals surface area contributed by atoms with E-state index in [0.717, 1.165) is 28.5 Å².